The molecule has 0 amide bonds. The van der Waals surface area contributed by atoms with Crippen molar-refractivity contribution in [1.82, 2.24) is 14.7 Å². The molecular weight excluding hydrogens is 265 g/mol. The van der Waals surface area contributed by atoms with Crippen LogP contribution in [0.4, 0.5) is 4.39 Å². The fraction of sp³-hybridized carbons (Fsp3) is 0.647. The zero-order chi connectivity index (χ0) is 14.7. The van der Waals surface area contributed by atoms with E-state index in [1.807, 2.05) is 6.07 Å². The molecule has 1 aromatic rings. The maximum Gasteiger partial charge on any atom is 0.127 e. The molecule has 1 saturated heterocycles. The fourth-order valence-electron chi connectivity index (χ4n) is 3.38. The molecule has 1 fully saturated rings. The van der Waals surface area contributed by atoms with E-state index in [2.05, 4.69) is 27.8 Å². The van der Waals surface area contributed by atoms with Gasteiger partial charge in [0.15, 0.2) is 0 Å². The lowest BCUT2D eigenvalue weighted by molar-refractivity contribution is 0.144. The van der Waals surface area contributed by atoms with Gasteiger partial charge in [-0.25, -0.2) is 4.39 Å². The molecule has 0 atom stereocenters. The largest absolute Gasteiger partial charge is 0.304 e. The first-order valence-corrected chi connectivity index (χ1v) is 8.12. The van der Waals surface area contributed by atoms with Gasteiger partial charge >= 0.3 is 0 Å². The summed E-state index contributed by atoms with van der Waals surface area (Å²) in [5.74, 6) is -0.0312. The van der Waals surface area contributed by atoms with Crippen LogP contribution in [0.15, 0.2) is 18.2 Å². The Labute approximate surface area is 127 Å². The van der Waals surface area contributed by atoms with Crippen molar-refractivity contribution in [2.24, 2.45) is 0 Å². The first-order chi connectivity index (χ1) is 10.2. The number of rotatable bonds is 4. The number of piperazine rings is 1. The number of hydrogen-bond acceptors (Lipinski definition) is 3. The third-order valence-electron chi connectivity index (χ3n) is 4.84. The van der Waals surface area contributed by atoms with E-state index in [9.17, 15) is 4.39 Å². The smallest absolute Gasteiger partial charge is 0.127 e. The lowest BCUT2D eigenvalue weighted by Crippen LogP contribution is -2.45. The van der Waals surface area contributed by atoms with Crippen molar-refractivity contribution >= 4 is 0 Å². The second-order valence-electron chi connectivity index (χ2n) is 6.40. The summed E-state index contributed by atoms with van der Waals surface area (Å²) in [6.07, 6.45) is 2.18. The summed E-state index contributed by atoms with van der Waals surface area (Å²) in [4.78, 5) is 7.35. The van der Waals surface area contributed by atoms with Gasteiger partial charge in [0, 0.05) is 44.8 Å². The van der Waals surface area contributed by atoms with Crippen LogP contribution in [0.2, 0.25) is 0 Å². The molecule has 2 aliphatic rings. The molecule has 0 N–H and O–H groups in total. The fourth-order valence-corrected chi connectivity index (χ4v) is 3.38. The third kappa shape index (κ3) is 3.82. The number of fused-ring (bicyclic) bond motifs is 1. The highest BCUT2D eigenvalue weighted by Crippen LogP contribution is 2.21. The van der Waals surface area contributed by atoms with E-state index < -0.39 is 0 Å². The minimum Gasteiger partial charge on any atom is -0.304 e. The summed E-state index contributed by atoms with van der Waals surface area (Å²) < 4.78 is 13.9. The first kappa shape index (κ1) is 14.9. The second kappa shape index (κ2) is 6.86. The van der Waals surface area contributed by atoms with E-state index in [0.29, 0.717) is 0 Å². The van der Waals surface area contributed by atoms with E-state index in [4.69, 9.17) is 0 Å². The number of benzene rings is 1. The Bertz CT molecular complexity index is 469. The monoisotopic (exact) mass is 291 g/mol. The molecule has 2 aliphatic heterocycles. The zero-order valence-electron chi connectivity index (χ0n) is 13.0. The molecule has 1 aromatic carbocycles. The maximum atomic E-state index is 13.9. The Morgan fingerprint density at radius 3 is 2.57 bits per heavy atom. The quantitative estimate of drug-likeness (QED) is 0.838. The lowest BCUT2D eigenvalue weighted by atomic mass is 9.99. The highest BCUT2D eigenvalue weighted by molar-refractivity contribution is 5.30. The zero-order valence-corrected chi connectivity index (χ0v) is 13.0. The van der Waals surface area contributed by atoms with Crippen LogP contribution < -0.4 is 0 Å². The van der Waals surface area contributed by atoms with E-state index in [-0.39, 0.29) is 5.82 Å². The van der Waals surface area contributed by atoms with Crippen LogP contribution in [0.25, 0.3) is 0 Å². The predicted molar refractivity (Wildman–Crippen MR) is 83.9 cm³/mol. The van der Waals surface area contributed by atoms with Gasteiger partial charge in [-0.1, -0.05) is 12.1 Å². The average molecular weight is 291 g/mol. The van der Waals surface area contributed by atoms with E-state index >= 15 is 0 Å². The molecule has 4 heteroatoms. The minimum absolute atomic E-state index is 0.0312. The van der Waals surface area contributed by atoms with Crippen LogP contribution in [0.1, 0.15) is 17.5 Å². The number of hydrogen-bond donors (Lipinski definition) is 0. The molecule has 3 nitrogen and oxygen atoms in total. The predicted octanol–water partition coefficient (Wildman–Crippen LogP) is 1.82. The molecule has 0 bridgehead atoms. The van der Waals surface area contributed by atoms with Crippen molar-refractivity contribution in [1.29, 1.82) is 0 Å². The number of halogens is 1. The maximum absolute atomic E-state index is 13.9. The molecule has 116 valence electrons. The van der Waals surface area contributed by atoms with Crippen molar-refractivity contribution in [3.8, 4) is 0 Å². The van der Waals surface area contributed by atoms with Crippen LogP contribution in [0, 0.1) is 5.82 Å². The molecule has 0 radical (unpaired) electrons. The van der Waals surface area contributed by atoms with Gasteiger partial charge in [0.2, 0.25) is 0 Å². The average Bonchev–Trinajstić information content (AvgIpc) is 2.50. The van der Waals surface area contributed by atoms with Gasteiger partial charge in [-0.15, -0.1) is 0 Å². The third-order valence-corrected chi connectivity index (χ3v) is 4.84. The Morgan fingerprint density at radius 2 is 1.76 bits per heavy atom. The molecule has 0 aliphatic carbocycles. The highest BCUT2D eigenvalue weighted by atomic mass is 19.1. The van der Waals surface area contributed by atoms with Crippen molar-refractivity contribution in [2.45, 2.75) is 19.4 Å². The SMILES string of the molecule is CN1CCN(CCCN2CCc3cccc(F)c3C2)CC1. The summed E-state index contributed by atoms with van der Waals surface area (Å²) in [6.45, 7) is 8.85. The lowest BCUT2D eigenvalue weighted by Gasteiger charge is -2.33. The topological polar surface area (TPSA) is 9.72 Å². The molecule has 0 unspecified atom stereocenters. The molecule has 2 heterocycles. The Kier molecular flexibility index (Phi) is 4.88. The molecule has 0 aromatic heterocycles. The summed E-state index contributed by atoms with van der Waals surface area (Å²) in [5, 5.41) is 0. The molecular formula is C17H26FN3. The Hall–Kier alpha value is -0.970. The van der Waals surface area contributed by atoms with Gasteiger partial charge in [-0.3, -0.25) is 4.90 Å². The van der Waals surface area contributed by atoms with E-state index in [1.165, 1.54) is 44.7 Å². The Morgan fingerprint density at radius 1 is 1.00 bits per heavy atom. The van der Waals surface area contributed by atoms with Crippen LogP contribution in [-0.2, 0) is 13.0 Å². The summed E-state index contributed by atoms with van der Waals surface area (Å²) in [7, 11) is 2.19. The van der Waals surface area contributed by atoms with Gasteiger partial charge in [0.05, 0.1) is 0 Å². The second-order valence-corrected chi connectivity index (χ2v) is 6.40. The number of likely N-dealkylation sites (N-methyl/N-ethyl adjacent to an activating group) is 1. The van der Waals surface area contributed by atoms with Gasteiger partial charge in [0.25, 0.3) is 0 Å². The van der Waals surface area contributed by atoms with Crippen molar-refractivity contribution in [2.75, 3.05) is 52.9 Å². The minimum atomic E-state index is -0.0312. The van der Waals surface area contributed by atoms with Crippen molar-refractivity contribution in [3.05, 3.63) is 35.1 Å². The van der Waals surface area contributed by atoms with Gasteiger partial charge in [0.1, 0.15) is 5.82 Å². The number of nitrogens with zero attached hydrogens (tertiary/aromatic N) is 3. The van der Waals surface area contributed by atoms with Gasteiger partial charge < -0.3 is 9.80 Å². The standard InChI is InChI=1S/C17H26FN3/c1-19-10-12-20(13-11-19)7-3-8-21-9-6-15-4-2-5-17(18)16(15)14-21/h2,4-5H,3,6-14H2,1H3. The first-order valence-electron chi connectivity index (χ1n) is 8.12. The van der Waals surface area contributed by atoms with Crippen LogP contribution in [-0.4, -0.2) is 67.6 Å². The van der Waals surface area contributed by atoms with E-state index in [0.717, 1.165) is 31.6 Å². The molecule has 0 spiro atoms. The van der Waals surface area contributed by atoms with Gasteiger partial charge in [-0.2, -0.15) is 0 Å². The normalized spacial score (nSPS) is 21.4. The highest BCUT2D eigenvalue weighted by Gasteiger charge is 2.19. The van der Waals surface area contributed by atoms with Crippen molar-refractivity contribution in [3.63, 3.8) is 0 Å². The summed E-state index contributed by atoms with van der Waals surface area (Å²) in [6, 6.07) is 5.49. The molecule has 21 heavy (non-hydrogen) atoms. The van der Waals surface area contributed by atoms with Crippen LogP contribution >= 0.6 is 0 Å². The van der Waals surface area contributed by atoms with Crippen molar-refractivity contribution < 1.29 is 4.39 Å². The molecule has 3 rings (SSSR count). The van der Waals surface area contributed by atoms with Gasteiger partial charge in [-0.05, 0) is 44.6 Å². The molecule has 0 saturated carbocycles. The van der Waals surface area contributed by atoms with E-state index in [1.54, 1.807) is 6.07 Å². The van der Waals surface area contributed by atoms with Crippen LogP contribution in [0.3, 0.4) is 0 Å². The van der Waals surface area contributed by atoms with Crippen LogP contribution in [0.5, 0.6) is 0 Å². The summed E-state index contributed by atoms with van der Waals surface area (Å²) >= 11 is 0. The summed E-state index contributed by atoms with van der Waals surface area (Å²) in [5.41, 5.74) is 2.12. The Balaban J connectivity index is 1.44.